The maximum absolute atomic E-state index is 5.98. The van der Waals surface area contributed by atoms with Gasteiger partial charge in [-0.1, -0.05) is 16.8 Å². The molecule has 20 heavy (non-hydrogen) atoms. The van der Waals surface area contributed by atoms with E-state index in [0.29, 0.717) is 35.6 Å². The van der Waals surface area contributed by atoms with Gasteiger partial charge in [-0.25, -0.2) is 4.98 Å². The molecule has 7 heteroatoms. The van der Waals surface area contributed by atoms with E-state index in [-0.39, 0.29) is 0 Å². The number of nitrogens with zero attached hydrogens (tertiary/aromatic N) is 4. The molecule has 3 aromatic rings. The minimum atomic E-state index is 0.345. The van der Waals surface area contributed by atoms with Crippen LogP contribution < -0.4 is 0 Å². The summed E-state index contributed by atoms with van der Waals surface area (Å²) < 4.78 is 7.02. The van der Waals surface area contributed by atoms with E-state index in [1.54, 1.807) is 6.92 Å². The van der Waals surface area contributed by atoms with Crippen LogP contribution in [-0.2, 0) is 18.8 Å². The standard InChI is InChI=1S/C13H12Cl2N4O/c1-8-16-12(18-20-8)4-5-19-11-3-2-9(15)6-10(11)17-13(19)7-14/h2-3,6H,4-5,7H2,1H3. The zero-order chi connectivity index (χ0) is 14.1. The lowest BCUT2D eigenvalue weighted by Crippen LogP contribution is -2.06. The number of fused-ring (bicyclic) bond motifs is 1. The summed E-state index contributed by atoms with van der Waals surface area (Å²) in [6.07, 6.45) is 0.662. The van der Waals surface area contributed by atoms with Crippen molar-refractivity contribution in [3.8, 4) is 0 Å². The van der Waals surface area contributed by atoms with Gasteiger partial charge in [0.15, 0.2) is 5.82 Å². The highest BCUT2D eigenvalue weighted by atomic mass is 35.5. The van der Waals surface area contributed by atoms with Crippen LogP contribution in [0.3, 0.4) is 0 Å². The minimum absolute atomic E-state index is 0.345. The Morgan fingerprint density at radius 3 is 2.85 bits per heavy atom. The van der Waals surface area contributed by atoms with Crippen LogP contribution in [0.1, 0.15) is 17.5 Å². The first-order valence-corrected chi connectivity index (χ1v) is 7.08. The fourth-order valence-corrected chi connectivity index (χ4v) is 2.53. The molecule has 0 amide bonds. The van der Waals surface area contributed by atoms with Gasteiger partial charge in [0, 0.05) is 24.9 Å². The fourth-order valence-electron chi connectivity index (χ4n) is 2.16. The largest absolute Gasteiger partial charge is 0.340 e. The Balaban J connectivity index is 1.93. The first-order chi connectivity index (χ1) is 9.67. The molecular weight excluding hydrogens is 299 g/mol. The Morgan fingerprint density at radius 2 is 2.15 bits per heavy atom. The van der Waals surface area contributed by atoms with Crippen LogP contribution >= 0.6 is 23.2 Å². The third-order valence-electron chi connectivity index (χ3n) is 3.04. The molecule has 0 aliphatic carbocycles. The normalized spacial score (nSPS) is 11.3. The van der Waals surface area contributed by atoms with E-state index in [1.807, 2.05) is 18.2 Å². The second kappa shape index (κ2) is 5.42. The lowest BCUT2D eigenvalue weighted by molar-refractivity contribution is 0.386. The van der Waals surface area contributed by atoms with E-state index >= 15 is 0 Å². The van der Waals surface area contributed by atoms with Crippen LogP contribution in [0.25, 0.3) is 11.0 Å². The second-order valence-corrected chi connectivity index (χ2v) is 5.13. The van der Waals surface area contributed by atoms with Crippen LogP contribution in [0, 0.1) is 6.92 Å². The van der Waals surface area contributed by atoms with Gasteiger partial charge in [-0.15, -0.1) is 11.6 Å². The van der Waals surface area contributed by atoms with Gasteiger partial charge < -0.3 is 9.09 Å². The van der Waals surface area contributed by atoms with Crippen molar-refractivity contribution in [2.24, 2.45) is 0 Å². The molecule has 0 aliphatic rings. The quantitative estimate of drug-likeness (QED) is 0.693. The zero-order valence-corrected chi connectivity index (χ0v) is 12.3. The van der Waals surface area contributed by atoms with Crippen molar-refractivity contribution in [1.29, 1.82) is 0 Å². The average molecular weight is 311 g/mol. The SMILES string of the molecule is Cc1nc(CCn2c(CCl)nc3cc(Cl)ccc32)no1. The van der Waals surface area contributed by atoms with E-state index < -0.39 is 0 Å². The minimum Gasteiger partial charge on any atom is -0.340 e. The molecule has 3 rings (SSSR count). The molecule has 0 N–H and O–H groups in total. The summed E-state index contributed by atoms with van der Waals surface area (Å²) in [4.78, 5) is 8.69. The number of hydrogen-bond acceptors (Lipinski definition) is 4. The number of aryl methyl sites for hydroxylation is 3. The highest BCUT2D eigenvalue weighted by Gasteiger charge is 2.11. The lowest BCUT2D eigenvalue weighted by Gasteiger charge is -2.05. The Bertz CT molecular complexity index is 750. The molecule has 0 bridgehead atoms. The number of hydrogen-bond donors (Lipinski definition) is 0. The van der Waals surface area contributed by atoms with Crippen molar-refractivity contribution in [3.63, 3.8) is 0 Å². The number of benzene rings is 1. The van der Waals surface area contributed by atoms with Gasteiger partial charge >= 0.3 is 0 Å². The fraction of sp³-hybridized carbons (Fsp3) is 0.308. The first-order valence-electron chi connectivity index (χ1n) is 6.17. The van der Waals surface area contributed by atoms with Gasteiger partial charge in [-0.05, 0) is 18.2 Å². The summed E-state index contributed by atoms with van der Waals surface area (Å²) in [7, 11) is 0. The Morgan fingerprint density at radius 1 is 1.30 bits per heavy atom. The molecule has 0 spiro atoms. The third-order valence-corrected chi connectivity index (χ3v) is 3.51. The molecule has 0 saturated carbocycles. The van der Waals surface area contributed by atoms with E-state index in [9.17, 15) is 0 Å². The Kier molecular flexibility index (Phi) is 3.63. The van der Waals surface area contributed by atoms with Gasteiger partial charge in [0.2, 0.25) is 5.89 Å². The van der Waals surface area contributed by atoms with Crippen molar-refractivity contribution >= 4 is 34.2 Å². The van der Waals surface area contributed by atoms with Gasteiger partial charge in [0.25, 0.3) is 0 Å². The maximum atomic E-state index is 5.98. The Labute approximate surface area is 125 Å². The maximum Gasteiger partial charge on any atom is 0.223 e. The summed E-state index contributed by atoms with van der Waals surface area (Å²) >= 11 is 11.9. The third kappa shape index (κ3) is 2.51. The molecule has 1 aromatic carbocycles. The van der Waals surface area contributed by atoms with Gasteiger partial charge in [-0.2, -0.15) is 4.98 Å². The lowest BCUT2D eigenvalue weighted by atomic mass is 10.3. The van der Waals surface area contributed by atoms with Crippen molar-refractivity contribution in [2.45, 2.75) is 25.8 Å². The predicted molar refractivity (Wildman–Crippen MR) is 77.0 cm³/mol. The molecule has 0 aliphatic heterocycles. The molecule has 0 unspecified atom stereocenters. The van der Waals surface area contributed by atoms with E-state index in [2.05, 4.69) is 19.7 Å². The van der Waals surface area contributed by atoms with Crippen LogP contribution in [-0.4, -0.2) is 19.7 Å². The highest BCUT2D eigenvalue weighted by Crippen LogP contribution is 2.21. The summed E-state index contributed by atoms with van der Waals surface area (Å²) in [6, 6.07) is 5.63. The van der Waals surface area contributed by atoms with Gasteiger partial charge in [-0.3, -0.25) is 0 Å². The van der Waals surface area contributed by atoms with Gasteiger partial charge in [0.05, 0.1) is 16.9 Å². The van der Waals surface area contributed by atoms with Crippen molar-refractivity contribution < 1.29 is 4.52 Å². The smallest absolute Gasteiger partial charge is 0.223 e. The zero-order valence-electron chi connectivity index (χ0n) is 10.8. The number of alkyl halides is 1. The van der Waals surface area contributed by atoms with E-state index in [4.69, 9.17) is 27.7 Å². The monoisotopic (exact) mass is 310 g/mol. The highest BCUT2D eigenvalue weighted by molar-refractivity contribution is 6.31. The molecule has 0 atom stereocenters. The summed E-state index contributed by atoms with van der Waals surface area (Å²) in [5, 5.41) is 4.55. The van der Waals surface area contributed by atoms with E-state index in [1.165, 1.54) is 0 Å². The molecule has 0 radical (unpaired) electrons. The van der Waals surface area contributed by atoms with Crippen molar-refractivity contribution in [1.82, 2.24) is 19.7 Å². The molecule has 104 valence electrons. The topological polar surface area (TPSA) is 56.7 Å². The second-order valence-electron chi connectivity index (χ2n) is 4.43. The molecule has 2 aromatic heterocycles. The van der Waals surface area contributed by atoms with Crippen LogP contribution in [0.4, 0.5) is 0 Å². The van der Waals surface area contributed by atoms with Gasteiger partial charge in [0.1, 0.15) is 5.82 Å². The molecule has 5 nitrogen and oxygen atoms in total. The molecule has 0 fully saturated rings. The molecule has 0 saturated heterocycles. The Hall–Kier alpha value is -1.59. The predicted octanol–water partition coefficient (Wildman–Crippen LogP) is 3.36. The number of rotatable bonds is 4. The first kappa shape index (κ1) is 13.4. The average Bonchev–Trinajstić information content (AvgIpc) is 2.99. The summed E-state index contributed by atoms with van der Waals surface area (Å²) in [6.45, 7) is 2.47. The summed E-state index contributed by atoms with van der Waals surface area (Å²) in [5.41, 5.74) is 1.85. The number of imidazole rings is 1. The van der Waals surface area contributed by atoms with Crippen LogP contribution in [0.5, 0.6) is 0 Å². The number of halogens is 2. The van der Waals surface area contributed by atoms with Crippen molar-refractivity contribution in [3.05, 3.63) is 40.8 Å². The van der Waals surface area contributed by atoms with Crippen LogP contribution in [0.15, 0.2) is 22.7 Å². The summed E-state index contributed by atoms with van der Waals surface area (Å²) in [5.74, 6) is 2.40. The molecular formula is C13H12Cl2N4O. The van der Waals surface area contributed by atoms with E-state index in [0.717, 1.165) is 16.9 Å². The molecule has 2 heterocycles. The van der Waals surface area contributed by atoms with Crippen molar-refractivity contribution in [2.75, 3.05) is 0 Å². The van der Waals surface area contributed by atoms with Crippen LogP contribution in [0.2, 0.25) is 5.02 Å². The number of aromatic nitrogens is 4.